The summed E-state index contributed by atoms with van der Waals surface area (Å²) in [4.78, 5) is 37.2. The van der Waals surface area contributed by atoms with E-state index in [9.17, 15) is 14.4 Å². The zero-order valence-electron chi connectivity index (χ0n) is 14.6. The highest BCUT2D eigenvalue weighted by atomic mass is 35.5. The Labute approximate surface area is 168 Å². The minimum absolute atomic E-state index is 0. The Kier molecular flexibility index (Phi) is 10.1. The standard InChI is InChI=1S/C15H26N4O4S2.ClH/c16-9-13(21)19-10-15(24-6-7-25-15)8-11(19)14(22)17-5-3-1-2-4-12(20)18-23;/h11,23H,1-10,16H2,(H,17,22)(H,18,20);1H/t11-;/m0./s1. The van der Waals surface area contributed by atoms with Crippen LogP contribution >= 0.6 is 35.9 Å². The van der Waals surface area contributed by atoms with Gasteiger partial charge >= 0.3 is 0 Å². The molecule has 2 rings (SSSR count). The summed E-state index contributed by atoms with van der Waals surface area (Å²) in [7, 11) is 0. The Morgan fingerprint density at radius 3 is 2.50 bits per heavy atom. The average molecular weight is 427 g/mol. The summed E-state index contributed by atoms with van der Waals surface area (Å²) in [5.74, 6) is 1.39. The van der Waals surface area contributed by atoms with Crippen LogP contribution in [-0.2, 0) is 14.4 Å². The number of carbonyl (C=O) groups excluding carboxylic acids is 3. The Hall–Kier alpha value is -0.680. The van der Waals surface area contributed by atoms with E-state index >= 15 is 0 Å². The van der Waals surface area contributed by atoms with Gasteiger partial charge in [-0.3, -0.25) is 19.6 Å². The van der Waals surface area contributed by atoms with Gasteiger partial charge in [-0.25, -0.2) is 5.48 Å². The number of unbranched alkanes of at least 4 members (excludes halogenated alkanes) is 2. The van der Waals surface area contributed by atoms with E-state index in [1.54, 1.807) is 10.4 Å². The van der Waals surface area contributed by atoms with Gasteiger partial charge in [0, 0.05) is 37.4 Å². The van der Waals surface area contributed by atoms with Crippen LogP contribution in [0.15, 0.2) is 0 Å². The Bertz CT molecular complexity index is 506. The lowest BCUT2D eigenvalue weighted by atomic mass is 10.1. The van der Waals surface area contributed by atoms with Gasteiger partial charge in [-0.1, -0.05) is 6.42 Å². The van der Waals surface area contributed by atoms with Crippen LogP contribution < -0.4 is 16.5 Å². The molecule has 2 aliphatic heterocycles. The predicted octanol–water partition coefficient (Wildman–Crippen LogP) is 0.326. The van der Waals surface area contributed by atoms with Gasteiger partial charge in [-0.2, -0.15) is 0 Å². The number of amides is 3. The lowest BCUT2D eigenvalue weighted by Gasteiger charge is -2.23. The fraction of sp³-hybridized carbons (Fsp3) is 0.800. The van der Waals surface area contributed by atoms with E-state index in [-0.39, 0.29) is 41.3 Å². The third kappa shape index (κ3) is 6.19. The van der Waals surface area contributed by atoms with Crippen molar-refractivity contribution in [3.05, 3.63) is 0 Å². The molecule has 2 fully saturated rings. The lowest BCUT2D eigenvalue weighted by Crippen LogP contribution is -2.48. The molecule has 0 unspecified atom stereocenters. The first-order valence-corrected chi connectivity index (χ1v) is 10.5. The smallest absolute Gasteiger partial charge is 0.243 e. The molecule has 0 aromatic carbocycles. The van der Waals surface area contributed by atoms with Gasteiger partial charge in [0.15, 0.2) is 0 Å². The first-order valence-electron chi connectivity index (χ1n) is 8.49. The maximum Gasteiger partial charge on any atom is 0.243 e. The van der Waals surface area contributed by atoms with Crippen LogP contribution in [-0.4, -0.2) is 69.1 Å². The van der Waals surface area contributed by atoms with E-state index in [1.165, 1.54) is 0 Å². The zero-order valence-corrected chi connectivity index (χ0v) is 17.0. The second kappa shape index (κ2) is 11.2. The molecule has 2 aliphatic rings. The second-order valence-electron chi connectivity index (χ2n) is 6.19. The number of nitrogens with one attached hydrogen (secondary N) is 2. The zero-order chi connectivity index (χ0) is 18.3. The monoisotopic (exact) mass is 426 g/mol. The number of likely N-dealkylation sites (tertiary alicyclic amines) is 1. The molecule has 2 heterocycles. The van der Waals surface area contributed by atoms with Gasteiger partial charge in [0.2, 0.25) is 17.7 Å². The highest BCUT2D eigenvalue weighted by molar-refractivity contribution is 8.21. The molecular formula is C15H27ClN4O4S2. The molecule has 0 aromatic rings. The number of thioether (sulfide) groups is 2. The number of rotatable bonds is 8. The molecule has 150 valence electrons. The molecule has 26 heavy (non-hydrogen) atoms. The molecule has 0 aromatic heterocycles. The van der Waals surface area contributed by atoms with Crippen LogP contribution in [0, 0.1) is 0 Å². The van der Waals surface area contributed by atoms with Crippen LogP contribution in [0.4, 0.5) is 0 Å². The Morgan fingerprint density at radius 1 is 1.19 bits per heavy atom. The molecule has 0 aliphatic carbocycles. The van der Waals surface area contributed by atoms with Crippen molar-refractivity contribution in [1.82, 2.24) is 15.7 Å². The van der Waals surface area contributed by atoms with Gasteiger partial charge in [0.05, 0.1) is 10.6 Å². The summed E-state index contributed by atoms with van der Waals surface area (Å²) in [6.07, 6.45) is 3.11. The Balaban J connectivity index is 0.00000338. The van der Waals surface area contributed by atoms with E-state index in [4.69, 9.17) is 10.9 Å². The van der Waals surface area contributed by atoms with E-state index < -0.39 is 11.9 Å². The summed E-state index contributed by atoms with van der Waals surface area (Å²) in [5.41, 5.74) is 7.10. The SMILES string of the molecule is Cl.NCC(=O)N1CC2(C[C@H]1C(=O)NCCCCCC(=O)NO)SCCS2. The van der Waals surface area contributed by atoms with Crippen LogP contribution in [0.1, 0.15) is 32.1 Å². The topological polar surface area (TPSA) is 125 Å². The summed E-state index contributed by atoms with van der Waals surface area (Å²) >= 11 is 3.67. The minimum atomic E-state index is -0.450. The fourth-order valence-corrected chi connectivity index (χ4v) is 6.39. The van der Waals surface area contributed by atoms with Crippen molar-refractivity contribution in [1.29, 1.82) is 0 Å². The number of nitrogens with two attached hydrogens (primary N) is 1. The molecule has 11 heteroatoms. The fourth-order valence-electron chi connectivity index (χ4n) is 3.13. The summed E-state index contributed by atoms with van der Waals surface area (Å²) in [5, 5.41) is 11.3. The van der Waals surface area contributed by atoms with Crippen molar-refractivity contribution in [2.75, 3.05) is 31.1 Å². The molecule has 2 saturated heterocycles. The first kappa shape index (κ1) is 23.4. The largest absolute Gasteiger partial charge is 0.354 e. The molecule has 3 amide bonds. The summed E-state index contributed by atoms with van der Waals surface area (Å²) < 4.78 is -0.0650. The van der Waals surface area contributed by atoms with Crippen LogP contribution in [0.5, 0.6) is 0 Å². The Morgan fingerprint density at radius 2 is 1.88 bits per heavy atom. The van der Waals surface area contributed by atoms with E-state index in [0.717, 1.165) is 24.3 Å². The van der Waals surface area contributed by atoms with E-state index in [0.29, 0.717) is 25.9 Å². The molecule has 8 nitrogen and oxygen atoms in total. The molecular weight excluding hydrogens is 400 g/mol. The van der Waals surface area contributed by atoms with E-state index in [2.05, 4.69) is 5.32 Å². The van der Waals surface area contributed by atoms with Gasteiger partial charge in [-0.15, -0.1) is 35.9 Å². The van der Waals surface area contributed by atoms with Crippen molar-refractivity contribution in [3.63, 3.8) is 0 Å². The number of halogens is 1. The summed E-state index contributed by atoms with van der Waals surface area (Å²) in [6.45, 7) is 1.00. The van der Waals surface area contributed by atoms with Crippen molar-refractivity contribution in [2.45, 2.75) is 42.2 Å². The lowest BCUT2D eigenvalue weighted by molar-refractivity contribution is -0.137. The van der Waals surface area contributed by atoms with Crippen molar-refractivity contribution in [2.24, 2.45) is 5.73 Å². The van der Waals surface area contributed by atoms with Gasteiger partial charge in [-0.05, 0) is 12.8 Å². The number of hydrogen-bond donors (Lipinski definition) is 4. The third-order valence-electron chi connectivity index (χ3n) is 4.41. The third-order valence-corrected chi connectivity index (χ3v) is 7.83. The number of nitrogens with zero attached hydrogens (tertiary/aromatic N) is 1. The highest BCUT2D eigenvalue weighted by Gasteiger charge is 2.50. The maximum absolute atomic E-state index is 12.5. The highest BCUT2D eigenvalue weighted by Crippen LogP contribution is 2.51. The molecule has 0 bridgehead atoms. The van der Waals surface area contributed by atoms with Crippen LogP contribution in [0.2, 0.25) is 0 Å². The van der Waals surface area contributed by atoms with Crippen LogP contribution in [0.3, 0.4) is 0 Å². The van der Waals surface area contributed by atoms with Gasteiger partial charge < -0.3 is 16.0 Å². The average Bonchev–Trinajstić information content (AvgIpc) is 3.24. The summed E-state index contributed by atoms with van der Waals surface area (Å²) in [6, 6.07) is -0.450. The predicted molar refractivity (Wildman–Crippen MR) is 105 cm³/mol. The van der Waals surface area contributed by atoms with Crippen molar-refractivity contribution in [3.8, 4) is 0 Å². The molecule has 5 N–H and O–H groups in total. The van der Waals surface area contributed by atoms with E-state index in [1.807, 2.05) is 23.5 Å². The molecule has 1 spiro atoms. The number of hydroxylamine groups is 1. The number of carbonyl (C=O) groups is 3. The molecule has 1 atom stereocenters. The molecule has 0 radical (unpaired) electrons. The van der Waals surface area contributed by atoms with Gasteiger partial charge in [0.25, 0.3) is 0 Å². The second-order valence-corrected chi connectivity index (χ2v) is 9.41. The quantitative estimate of drug-likeness (QED) is 0.250. The molecule has 0 saturated carbocycles. The van der Waals surface area contributed by atoms with Crippen molar-refractivity contribution >= 4 is 53.7 Å². The van der Waals surface area contributed by atoms with Gasteiger partial charge in [0.1, 0.15) is 6.04 Å². The minimum Gasteiger partial charge on any atom is -0.354 e. The van der Waals surface area contributed by atoms with Crippen LogP contribution in [0.25, 0.3) is 0 Å². The number of hydrogen-bond acceptors (Lipinski definition) is 7. The normalized spacial score (nSPS) is 20.7. The maximum atomic E-state index is 12.5. The van der Waals surface area contributed by atoms with Crippen molar-refractivity contribution < 1.29 is 19.6 Å². The first-order chi connectivity index (χ1) is 12.0.